The first-order chi connectivity index (χ1) is 9.39. The molecule has 110 valence electrons. The fourth-order valence-corrected chi connectivity index (χ4v) is 3.50. The van der Waals surface area contributed by atoms with Crippen LogP contribution in [0.3, 0.4) is 0 Å². The highest BCUT2D eigenvalue weighted by molar-refractivity contribution is 6.89. The second-order valence-electron chi connectivity index (χ2n) is 5.77. The number of amides is 3. The number of nitrogens with zero attached hydrogens (tertiary/aromatic N) is 1. The van der Waals surface area contributed by atoms with Gasteiger partial charge in [0.1, 0.15) is 0 Å². The Morgan fingerprint density at radius 2 is 1.90 bits per heavy atom. The van der Waals surface area contributed by atoms with Crippen molar-refractivity contribution in [2.75, 3.05) is 26.3 Å². The average Bonchev–Trinajstić information content (AvgIpc) is 2.89. The summed E-state index contributed by atoms with van der Waals surface area (Å²) in [6, 6.07) is 1.43. The predicted octanol–water partition coefficient (Wildman–Crippen LogP) is 1.01. The summed E-state index contributed by atoms with van der Waals surface area (Å²) in [5.74, 6) is -0.213. The van der Waals surface area contributed by atoms with Gasteiger partial charge in [-0.1, -0.05) is 19.6 Å². The van der Waals surface area contributed by atoms with Crippen LogP contribution >= 0.6 is 0 Å². The van der Waals surface area contributed by atoms with Crippen molar-refractivity contribution in [2.24, 2.45) is 0 Å². The molecule has 0 bridgehead atoms. The van der Waals surface area contributed by atoms with Gasteiger partial charge in [0.2, 0.25) is 0 Å². The highest BCUT2D eigenvalue weighted by Crippen LogP contribution is 2.09. The van der Waals surface area contributed by atoms with Gasteiger partial charge in [-0.3, -0.25) is 10.1 Å². The van der Waals surface area contributed by atoms with Gasteiger partial charge >= 0.3 is 6.03 Å². The zero-order valence-corrected chi connectivity index (χ0v) is 13.1. The van der Waals surface area contributed by atoms with E-state index in [1.807, 2.05) is 6.07 Å². The van der Waals surface area contributed by atoms with E-state index < -0.39 is 20.0 Å². The van der Waals surface area contributed by atoms with Crippen molar-refractivity contribution in [3.8, 4) is 0 Å². The third-order valence-corrected chi connectivity index (χ3v) is 5.21. The van der Waals surface area contributed by atoms with E-state index >= 15 is 0 Å². The van der Waals surface area contributed by atoms with E-state index in [1.54, 1.807) is 4.90 Å². The first kappa shape index (κ1) is 14.8. The van der Waals surface area contributed by atoms with Crippen LogP contribution in [0.15, 0.2) is 16.7 Å². The van der Waals surface area contributed by atoms with Crippen LogP contribution < -0.4 is 10.5 Å². The van der Waals surface area contributed by atoms with Crippen LogP contribution in [0, 0.1) is 0 Å². The number of nitrogens with one attached hydrogen (secondary N) is 1. The van der Waals surface area contributed by atoms with E-state index in [-0.39, 0.29) is 5.76 Å². The summed E-state index contributed by atoms with van der Waals surface area (Å²) in [5.41, 5.74) is 0. The van der Waals surface area contributed by atoms with Crippen molar-refractivity contribution in [1.29, 1.82) is 0 Å². The predicted molar refractivity (Wildman–Crippen MR) is 76.9 cm³/mol. The lowest BCUT2D eigenvalue weighted by atomic mass is 10.4. The number of carbonyl (C=O) groups excluding carboxylic acids is 2. The first-order valence-electron chi connectivity index (χ1n) is 6.65. The lowest BCUT2D eigenvalue weighted by Crippen LogP contribution is -2.49. The molecule has 0 atom stereocenters. The molecule has 0 radical (unpaired) electrons. The SMILES string of the molecule is C[Si](C)(C)c1ccoc1C(=O)NC(=O)N1CCOCC1. The average molecular weight is 296 g/mol. The molecule has 3 amide bonds. The molecule has 0 unspecified atom stereocenters. The quantitative estimate of drug-likeness (QED) is 0.827. The smallest absolute Gasteiger partial charge is 0.324 e. The molecule has 0 saturated carbocycles. The summed E-state index contributed by atoms with van der Waals surface area (Å²) in [7, 11) is -1.68. The Morgan fingerprint density at radius 3 is 2.50 bits per heavy atom. The van der Waals surface area contributed by atoms with Crippen LogP contribution in [0.1, 0.15) is 10.6 Å². The second-order valence-corrected chi connectivity index (χ2v) is 10.8. The van der Waals surface area contributed by atoms with E-state index in [4.69, 9.17) is 9.15 Å². The van der Waals surface area contributed by atoms with Crippen molar-refractivity contribution in [2.45, 2.75) is 19.6 Å². The minimum absolute atomic E-state index is 0.255. The highest BCUT2D eigenvalue weighted by Gasteiger charge is 2.28. The molecule has 2 rings (SSSR count). The van der Waals surface area contributed by atoms with Gasteiger partial charge < -0.3 is 14.1 Å². The summed E-state index contributed by atoms with van der Waals surface area (Å²) in [4.78, 5) is 25.7. The number of hydrogen-bond donors (Lipinski definition) is 1. The molecule has 6 nitrogen and oxygen atoms in total. The van der Waals surface area contributed by atoms with E-state index in [9.17, 15) is 9.59 Å². The molecule has 1 aliphatic rings. The molecule has 1 aliphatic heterocycles. The van der Waals surface area contributed by atoms with Crippen LogP contribution in [0.5, 0.6) is 0 Å². The Balaban J connectivity index is 2.05. The number of furan rings is 1. The molecule has 0 aliphatic carbocycles. The van der Waals surface area contributed by atoms with Crippen LogP contribution in [0.25, 0.3) is 0 Å². The van der Waals surface area contributed by atoms with Gasteiger partial charge in [0, 0.05) is 13.1 Å². The molecule has 0 spiro atoms. The first-order valence-corrected chi connectivity index (χ1v) is 10.2. The zero-order valence-electron chi connectivity index (χ0n) is 12.1. The molecule has 7 heteroatoms. The monoisotopic (exact) mass is 296 g/mol. The van der Waals surface area contributed by atoms with E-state index in [1.165, 1.54) is 6.26 Å². The Bertz CT molecular complexity index is 501. The third-order valence-electron chi connectivity index (χ3n) is 3.20. The van der Waals surface area contributed by atoms with Crippen molar-refractivity contribution in [3.63, 3.8) is 0 Å². The van der Waals surface area contributed by atoms with E-state index in [2.05, 4.69) is 25.0 Å². The fourth-order valence-electron chi connectivity index (χ4n) is 2.08. The van der Waals surface area contributed by atoms with Crippen molar-refractivity contribution < 1.29 is 18.7 Å². The number of imide groups is 1. The molecule has 1 aromatic rings. The number of hydrogen-bond acceptors (Lipinski definition) is 4. The number of urea groups is 1. The summed E-state index contributed by atoms with van der Waals surface area (Å²) in [6.45, 7) is 8.37. The lowest BCUT2D eigenvalue weighted by molar-refractivity contribution is 0.0522. The van der Waals surface area contributed by atoms with Crippen molar-refractivity contribution in [3.05, 3.63) is 18.1 Å². The summed E-state index contributed by atoms with van der Waals surface area (Å²) in [5, 5.41) is 3.31. The number of rotatable bonds is 2. The van der Waals surface area contributed by atoms with Gasteiger partial charge in [-0.25, -0.2) is 4.79 Å². The van der Waals surface area contributed by atoms with Crippen molar-refractivity contribution in [1.82, 2.24) is 10.2 Å². The highest BCUT2D eigenvalue weighted by atomic mass is 28.3. The van der Waals surface area contributed by atoms with Gasteiger partial charge in [0.05, 0.1) is 27.6 Å². The Kier molecular flexibility index (Phi) is 4.29. The van der Waals surface area contributed by atoms with E-state index in [0.29, 0.717) is 26.3 Å². The minimum atomic E-state index is -1.68. The van der Waals surface area contributed by atoms with Crippen molar-refractivity contribution >= 4 is 25.2 Å². The van der Waals surface area contributed by atoms with Gasteiger partial charge in [-0.2, -0.15) is 0 Å². The molecule has 20 heavy (non-hydrogen) atoms. The Morgan fingerprint density at radius 1 is 1.25 bits per heavy atom. The van der Waals surface area contributed by atoms with Gasteiger partial charge in [-0.05, 0) is 11.3 Å². The summed E-state index contributed by atoms with van der Waals surface area (Å²) in [6.07, 6.45) is 1.50. The van der Waals surface area contributed by atoms with Gasteiger partial charge in [0.25, 0.3) is 5.91 Å². The van der Waals surface area contributed by atoms with Crippen LogP contribution in [-0.2, 0) is 4.74 Å². The molecule has 1 N–H and O–H groups in total. The number of ether oxygens (including phenoxy) is 1. The Hall–Kier alpha value is -1.60. The largest absolute Gasteiger partial charge is 0.459 e. The van der Waals surface area contributed by atoms with Gasteiger partial charge in [0.15, 0.2) is 5.76 Å². The molecule has 1 aromatic heterocycles. The lowest BCUT2D eigenvalue weighted by Gasteiger charge is -2.26. The van der Waals surface area contributed by atoms with Crippen LogP contribution in [0.2, 0.25) is 19.6 Å². The molecule has 1 saturated heterocycles. The maximum atomic E-state index is 12.2. The fraction of sp³-hybridized carbons (Fsp3) is 0.538. The zero-order chi connectivity index (χ0) is 14.8. The van der Waals surface area contributed by atoms with Crippen LogP contribution in [0.4, 0.5) is 4.79 Å². The second kappa shape index (κ2) is 5.80. The normalized spacial score (nSPS) is 16.1. The number of morpholine rings is 1. The molecular weight excluding hydrogens is 276 g/mol. The Labute approximate surface area is 119 Å². The third kappa shape index (κ3) is 3.29. The maximum absolute atomic E-state index is 12.2. The van der Waals surface area contributed by atoms with Gasteiger partial charge in [-0.15, -0.1) is 0 Å². The molecule has 1 fully saturated rings. The number of carbonyl (C=O) groups is 2. The maximum Gasteiger partial charge on any atom is 0.324 e. The summed E-state index contributed by atoms with van der Waals surface area (Å²) >= 11 is 0. The van der Waals surface area contributed by atoms with E-state index in [0.717, 1.165) is 5.19 Å². The van der Waals surface area contributed by atoms with Crippen LogP contribution in [-0.4, -0.2) is 51.2 Å². The standard InChI is InChI=1S/C13H20N2O4Si/c1-20(2,3)10-4-7-19-11(10)12(16)14-13(17)15-5-8-18-9-6-15/h4,7H,5-6,8-9H2,1-3H3,(H,14,16,17). The molecule has 0 aromatic carbocycles. The molecule has 2 heterocycles. The minimum Gasteiger partial charge on any atom is -0.459 e. The molecular formula is C13H20N2O4Si. The topological polar surface area (TPSA) is 71.8 Å². The summed E-state index contributed by atoms with van der Waals surface area (Å²) < 4.78 is 10.4.